The van der Waals surface area contributed by atoms with E-state index in [9.17, 15) is 4.79 Å². The monoisotopic (exact) mass is 443 g/mol. The van der Waals surface area contributed by atoms with Crippen LogP contribution in [0.5, 0.6) is 0 Å². The highest BCUT2D eigenvalue weighted by Gasteiger charge is 2.16. The fourth-order valence-electron chi connectivity index (χ4n) is 3.30. The molecule has 0 saturated carbocycles. The summed E-state index contributed by atoms with van der Waals surface area (Å²) in [6, 6.07) is 17.6. The lowest BCUT2D eigenvalue weighted by Crippen LogP contribution is -2.38. The Morgan fingerprint density at radius 1 is 1.00 bits per heavy atom. The molecule has 0 radical (unpaired) electrons. The van der Waals surface area contributed by atoms with Crippen molar-refractivity contribution in [3.8, 4) is 0 Å². The van der Waals surface area contributed by atoms with Crippen LogP contribution in [0.2, 0.25) is 5.02 Å². The molecule has 1 aliphatic rings. The van der Waals surface area contributed by atoms with Gasteiger partial charge in [-0.1, -0.05) is 54.1 Å². The van der Waals surface area contributed by atoms with Crippen LogP contribution < -0.4 is 5.32 Å². The van der Waals surface area contributed by atoms with E-state index in [1.165, 1.54) is 31.5 Å². The Balaban J connectivity index is 0.00000196. The molecule has 154 valence electrons. The highest BCUT2D eigenvalue weighted by Crippen LogP contribution is 2.20. The van der Waals surface area contributed by atoms with E-state index in [2.05, 4.69) is 27.2 Å². The molecule has 0 atom stereocenters. The average molecular weight is 445 g/mol. The van der Waals surface area contributed by atoms with Gasteiger partial charge in [-0.05, 0) is 43.6 Å². The highest BCUT2D eigenvalue weighted by molar-refractivity contribution is 6.33. The van der Waals surface area contributed by atoms with Crippen LogP contribution in [0.3, 0.4) is 0 Å². The molecule has 1 aliphatic heterocycles. The lowest BCUT2D eigenvalue weighted by atomic mass is 10.2. The summed E-state index contributed by atoms with van der Waals surface area (Å²) < 4.78 is 0. The van der Waals surface area contributed by atoms with Gasteiger partial charge in [0.05, 0.1) is 17.3 Å². The summed E-state index contributed by atoms with van der Waals surface area (Å²) in [6.45, 7) is 5.35. The van der Waals surface area contributed by atoms with E-state index in [0.29, 0.717) is 17.3 Å². The maximum absolute atomic E-state index is 12.5. The molecule has 0 aliphatic carbocycles. The van der Waals surface area contributed by atoms with Gasteiger partial charge in [0.25, 0.3) is 0 Å². The van der Waals surface area contributed by atoms with Crippen molar-refractivity contribution in [1.82, 2.24) is 9.80 Å². The number of benzene rings is 2. The van der Waals surface area contributed by atoms with Crippen molar-refractivity contribution < 1.29 is 4.79 Å². The number of anilines is 1. The number of likely N-dealkylation sites (tertiary alicyclic amines) is 1. The number of rotatable bonds is 8. The first-order valence-electron chi connectivity index (χ1n) is 9.24. The predicted octanol–water partition coefficient (Wildman–Crippen LogP) is 4.72. The first-order valence-corrected chi connectivity index (χ1v) is 9.61. The van der Waals surface area contributed by atoms with Crippen molar-refractivity contribution in [2.24, 2.45) is 0 Å². The van der Waals surface area contributed by atoms with Gasteiger partial charge in [-0.2, -0.15) is 0 Å². The Morgan fingerprint density at radius 2 is 1.64 bits per heavy atom. The van der Waals surface area contributed by atoms with Crippen molar-refractivity contribution in [2.75, 3.05) is 38.0 Å². The van der Waals surface area contributed by atoms with Crippen molar-refractivity contribution in [1.29, 1.82) is 0 Å². The lowest BCUT2D eigenvalue weighted by molar-refractivity contribution is -0.117. The molecule has 2 aromatic carbocycles. The second-order valence-corrected chi connectivity index (χ2v) is 7.18. The van der Waals surface area contributed by atoms with E-state index in [1.54, 1.807) is 6.07 Å². The molecule has 0 aromatic heterocycles. The number of halogens is 3. The number of nitrogens with zero attached hydrogens (tertiary/aromatic N) is 2. The van der Waals surface area contributed by atoms with Crippen LogP contribution in [0.4, 0.5) is 5.69 Å². The van der Waals surface area contributed by atoms with Crippen molar-refractivity contribution in [2.45, 2.75) is 19.4 Å². The number of para-hydroxylation sites is 1. The minimum atomic E-state index is -0.0320. The van der Waals surface area contributed by atoms with Gasteiger partial charge in [-0.3, -0.25) is 9.69 Å². The van der Waals surface area contributed by atoms with Crippen molar-refractivity contribution in [3.05, 3.63) is 65.2 Å². The van der Waals surface area contributed by atoms with E-state index >= 15 is 0 Å². The summed E-state index contributed by atoms with van der Waals surface area (Å²) in [7, 11) is 0. The summed E-state index contributed by atoms with van der Waals surface area (Å²) in [5, 5.41) is 3.49. The van der Waals surface area contributed by atoms with Gasteiger partial charge in [-0.15, -0.1) is 24.8 Å². The minimum Gasteiger partial charge on any atom is -0.324 e. The van der Waals surface area contributed by atoms with Gasteiger partial charge in [-0.25, -0.2) is 0 Å². The SMILES string of the molecule is Cl.Cl.O=C(CN(CCN1CCCC1)Cc1ccccc1)Nc1ccccc1Cl. The van der Waals surface area contributed by atoms with Gasteiger partial charge >= 0.3 is 0 Å². The maximum Gasteiger partial charge on any atom is 0.238 e. The summed E-state index contributed by atoms with van der Waals surface area (Å²) in [5.74, 6) is -0.0320. The Bertz CT molecular complexity index is 709. The first kappa shape index (κ1) is 24.7. The standard InChI is InChI=1S/C21H26ClN3O.2ClH/c22-19-10-4-5-11-20(19)23-21(26)17-25(15-14-24-12-6-7-13-24)16-18-8-2-1-3-9-18;;/h1-5,8-11H,6-7,12-17H2,(H,23,26);2*1H. The molecule has 3 rings (SSSR count). The number of hydrogen-bond acceptors (Lipinski definition) is 3. The molecule has 1 N–H and O–H groups in total. The quantitative estimate of drug-likeness (QED) is 0.640. The van der Waals surface area contributed by atoms with Crippen LogP contribution >= 0.6 is 36.4 Å². The summed E-state index contributed by atoms with van der Waals surface area (Å²) in [4.78, 5) is 17.2. The molecule has 4 nitrogen and oxygen atoms in total. The maximum atomic E-state index is 12.5. The molecule has 2 aromatic rings. The van der Waals surface area contributed by atoms with Crippen LogP contribution in [-0.4, -0.2) is 48.4 Å². The van der Waals surface area contributed by atoms with E-state index in [4.69, 9.17) is 11.6 Å². The van der Waals surface area contributed by atoms with Crippen LogP contribution in [0.1, 0.15) is 18.4 Å². The molecule has 7 heteroatoms. The van der Waals surface area contributed by atoms with Crippen LogP contribution in [-0.2, 0) is 11.3 Å². The van der Waals surface area contributed by atoms with Crippen molar-refractivity contribution in [3.63, 3.8) is 0 Å². The zero-order valence-electron chi connectivity index (χ0n) is 15.9. The Hall–Kier alpha value is -1.30. The number of hydrogen-bond donors (Lipinski definition) is 1. The molecular weight excluding hydrogens is 417 g/mol. The first-order chi connectivity index (χ1) is 12.7. The number of carbonyl (C=O) groups excluding carboxylic acids is 1. The normalized spacial score (nSPS) is 13.6. The van der Waals surface area contributed by atoms with Gasteiger partial charge in [0, 0.05) is 19.6 Å². The summed E-state index contributed by atoms with van der Waals surface area (Å²) in [5.41, 5.74) is 1.89. The fourth-order valence-corrected chi connectivity index (χ4v) is 3.48. The van der Waals surface area contributed by atoms with Gasteiger partial charge in [0.2, 0.25) is 5.91 Å². The topological polar surface area (TPSA) is 35.6 Å². The molecule has 1 fully saturated rings. The Morgan fingerprint density at radius 3 is 2.32 bits per heavy atom. The van der Waals surface area contributed by atoms with E-state index in [1.807, 2.05) is 36.4 Å². The molecular formula is C21H28Cl3N3O. The molecule has 1 saturated heterocycles. The van der Waals surface area contributed by atoms with Crippen LogP contribution in [0.15, 0.2) is 54.6 Å². The number of nitrogens with one attached hydrogen (secondary N) is 1. The Kier molecular flexibility index (Phi) is 11.5. The van der Waals surface area contributed by atoms with E-state index in [0.717, 1.165) is 19.6 Å². The molecule has 0 spiro atoms. The van der Waals surface area contributed by atoms with Crippen LogP contribution in [0.25, 0.3) is 0 Å². The molecule has 1 amide bonds. The van der Waals surface area contributed by atoms with Gasteiger partial charge in [0.15, 0.2) is 0 Å². The number of carbonyl (C=O) groups is 1. The van der Waals surface area contributed by atoms with Gasteiger partial charge in [0.1, 0.15) is 0 Å². The van der Waals surface area contributed by atoms with E-state index < -0.39 is 0 Å². The molecule has 28 heavy (non-hydrogen) atoms. The highest BCUT2D eigenvalue weighted by atomic mass is 35.5. The smallest absolute Gasteiger partial charge is 0.238 e. The lowest BCUT2D eigenvalue weighted by Gasteiger charge is -2.25. The largest absolute Gasteiger partial charge is 0.324 e. The fraction of sp³-hybridized carbons (Fsp3) is 0.381. The van der Waals surface area contributed by atoms with Crippen LogP contribution in [0, 0.1) is 0 Å². The average Bonchev–Trinajstić information content (AvgIpc) is 3.16. The van der Waals surface area contributed by atoms with Crippen molar-refractivity contribution >= 4 is 48.0 Å². The third-order valence-electron chi connectivity index (χ3n) is 4.70. The molecule has 1 heterocycles. The third kappa shape index (κ3) is 7.98. The van der Waals surface area contributed by atoms with E-state index in [-0.39, 0.29) is 30.7 Å². The summed E-state index contributed by atoms with van der Waals surface area (Å²) in [6.07, 6.45) is 2.57. The predicted molar refractivity (Wildman–Crippen MR) is 122 cm³/mol. The number of amides is 1. The summed E-state index contributed by atoms with van der Waals surface area (Å²) >= 11 is 6.15. The molecule has 0 unspecified atom stereocenters. The second-order valence-electron chi connectivity index (χ2n) is 6.77. The Labute approximate surface area is 185 Å². The second kappa shape index (κ2) is 13.0. The van der Waals surface area contributed by atoms with Gasteiger partial charge < -0.3 is 10.2 Å². The minimum absolute atomic E-state index is 0. The molecule has 0 bridgehead atoms. The zero-order chi connectivity index (χ0) is 18.2. The zero-order valence-corrected chi connectivity index (χ0v) is 18.2. The third-order valence-corrected chi connectivity index (χ3v) is 5.02.